The Morgan fingerprint density at radius 1 is 1.62 bits per heavy atom. The van der Waals surface area contributed by atoms with Gasteiger partial charge < -0.3 is 11.1 Å². The summed E-state index contributed by atoms with van der Waals surface area (Å²) in [5.74, 6) is -0.619. The highest BCUT2D eigenvalue weighted by Crippen LogP contribution is 2.15. The molecule has 0 bridgehead atoms. The summed E-state index contributed by atoms with van der Waals surface area (Å²) in [6, 6.07) is -0.656. The van der Waals surface area contributed by atoms with Crippen molar-refractivity contribution in [2.45, 2.75) is 19.3 Å². The SMILES string of the molecule is CC(NCCOC(F)(F)F)C(N)=O. The average molecular weight is 200 g/mol. The molecule has 0 aromatic heterocycles. The van der Waals surface area contributed by atoms with Gasteiger partial charge in [-0.1, -0.05) is 0 Å². The highest BCUT2D eigenvalue weighted by atomic mass is 19.4. The van der Waals surface area contributed by atoms with Crippen molar-refractivity contribution >= 4 is 5.91 Å². The quantitative estimate of drug-likeness (QED) is 0.613. The Kier molecular flexibility index (Phi) is 4.71. The zero-order chi connectivity index (χ0) is 10.5. The number of halogens is 3. The fourth-order valence-corrected chi connectivity index (χ4v) is 0.543. The van der Waals surface area contributed by atoms with Crippen LogP contribution in [0.25, 0.3) is 0 Å². The number of hydrogen-bond donors (Lipinski definition) is 2. The zero-order valence-electron chi connectivity index (χ0n) is 7.02. The van der Waals surface area contributed by atoms with E-state index in [-0.39, 0.29) is 6.54 Å². The van der Waals surface area contributed by atoms with E-state index in [9.17, 15) is 18.0 Å². The minimum Gasteiger partial charge on any atom is -0.368 e. The maximum absolute atomic E-state index is 11.4. The Bertz CT molecular complexity index is 172. The lowest BCUT2D eigenvalue weighted by molar-refractivity contribution is -0.323. The molecule has 0 spiro atoms. The topological polar surface area (TPSA) is 64.3 Å². The predicted octanol–water partition coefficient (Wildman–Crippen LogP) is -0.0138. The van der Waals surface area contributed by atoms with Crippen LogP contribution in [0.4, 0.5) is 13.2 Å². The van der Waals surface area contributed by atoms with E-state index in [1.807, 2.05) is 0 Å². The van der Waals surface area contributed by atoms with Crippen LogP contribution in [0.3, 0.4) is 0 Å². The molecule has 0 aromatic rings. The van der Waals surface area contributed by atoms with Crippen LogP contribution < -0.4 is 11.1 Å². The third kappa shape index (κ3) is 7.54. The number of rotatable bonds is 5. The monoisotopic (exact) mass is 200 g/mol. The highest BCUT2D eigenvalue weighted by molar-refractivity contribution is 5.79. The summed E-state index contributed by atoms with van der Waals surface area (Å²) >= 11 is 0. The minimum atomic E-state index is -4.63. The summed E-state index contributed by atoms with van der Waals surface area (Å²) in [5.41, 5.74) is 4.84. The number of carbonyl (C=O) groups is 1. The van der Waals surface area contributed by atoms with E-state index in [0.717, 1.165) is 0 Å². The lowest BCUT2D eigenvalue weighted by atomic mass is 10.3. The Morgan fingerprint density at radius 3 is 2.54 bits per heavy atom. The Morgan fingerprint density at radius 2 is 2.15 bits per heavy atom. The largest absolute Gasteiger partial charge is 0.522 e. The normalized spacial score (nSPS) is 14.2. The van der Waals surface area contributed by atoms with Crippen molar-refractivity contribution in [2.75, 3.05) is 13.2 Å². The molecule has 3 N–H and O–H groups in total. The zero-order valence-corrected chi connectivity index (χ0v) is 7.02. The molecule has 78 valence electrons. The van der Waals surface area contributed by atoms with E-state index in [0.29, 0.717) is 0 Å². The molecule has 0 fully saturated rings. The first-order valence-corrected chi connectivity index (χ1v) is 3.56. The van der Waals surface area contributed by atoms with E-state index in [4.69, 9.17) is 5.73 Å². The maximum Gasteiger partial charge on any atom is 0.522 e. The van der Waals surface area contributed by atoms with Crippen LogP contribution in [0, 0.1) is 0 Å². The van der Waals surface area contributed by atoms with Gasteiger partial charge in [0.25, 0.3) is 0 Å². The maximum atomic E-state index is 11.4. The fourth-order valence-electron chi connectivity index (χ4n) is 0.543. The molecule has 0 aliphatic heterocycles. The van der Waals surface area contributed by atoms with E-state index in [2.05, 4.69) is 10.1 Å². The Balaban J connectivity index is 3.41. The summed E-state index contributed by atoms with van der Waals surface area (Å²) in [4.78, 5) is 10.4. The van der Waals surface area contributed by atoms with Crippen molar-refractivity contribution in [1.82, 2.24) is 5.32 Å². The van der Waals surface area contributed by atoms with Crippen LogP contribution in [-0.2, 0) is 9.53 Å². The second-order valence-corrected chi connectivity index (χ2v) is 2.37. The second kappa shape index (κ2) is 5.03. The molecule has 13 heavy (non-hydrogen) atoms. The summed E-state index contributed by atoms with van der Waals surface area (Å²) in [7, 11) is 0. The van der Waals surface area contributed by atoms with Crippen LogP contribution in [0.15, 0.2) is 0 Å². The van der Waals surface area contributed by atoms with Gasteiger partial charge in [0.05, 0.1) is 12.6 Å². The van der Waals surface area contributed by atoms with Gasteiger partial charge in [-0.3, -0.25) is 9.53 Å². The molecule has 0 saturated heterocycles. The number of nitrogens with two attached hydrogens (primary N) is 1. The lowest BCUT2D eigenvalue weighted by Gasteiger charge is -2.11. The summed E-state index contributed by atoms with van der Waals surface area (Å²) in [5, 5.41) is 2.46. The standard InChI is InChI=1S/C6H11F3N2O2/c1-4(5(10)12)11-2-3-13-6(7,8)9/h4,11H,2-3H2,1H3,(H2,10,12). The molecule has 4 nitrogen and oxygen atoms in total. The van der Waals surface area contributed by atoms with E-state index < -0.39 is 24.9 Å². The predicted molar refractivity (Wildman–Crippen MR) is 38.7 cm³/mol. The van der Waals surface area contributed by atoms with E-state index in [1.165, 1.54) is 6.92 Å². The molecule has 1 unspecified atom stereocenters. The fraction of sp³-hybridized carbons (Fsp3) is 0.833. The second-order valence-electron chi connectivity index (χ2n) is 2.37. The third-order valence-corrected chi connectivity index (χ3v) is 1.25. The molecule has 0 saturated carbocycles. The first-order chi connectivity index (χ1) is 5.83. The van der Waals surface area contributed by atoms with Gasteiger partial charge in [-0.25, -0.2) is 0 Å². The van der Waals surface area contributed by atoms with Crippen molar-refractivity contribution in [1.29, 1.82) is 0 Å². The van der Waals surface area contributed by atoms with Gasteiger partial charge in [0.15, 0.2) is 0 Å². The van der Waals surface area contributed by atoms with E-state index >= 15 is 0 Å². The number of ether oxygens (including phenoxy) is 1. The molecule has 0 aliphatic carbocycles. The molecule has 1 atom stereocenters. The summed E-state index contributed by atoms with van der Waals surface area (Å²) < 4.78 is 37.6. The first-order valence-electron chi connectivity index (χ1n) is 3.56. The van der Waals surface area contributed by atoms with Gasteiger partial charge in [0, 0.05) is 6.54 Å². The summed E-state index contributed by atoms with van der Waals surface area (Å²) in [6.45, 7) is 0.834. The van der Waals surface area contributed by atoms with Gasteiger partial charge in [0.2, 0.25) is 5.91 Å². The molecular formula is C6H11F3N2O2. The molecule has 0 aromatic carbocycles. The Hall–Kier alpha value is -0.820. The van der Waals surface area contributed by atoms with Gasteiger partial charge in [0.1, 0.15) is 0 Å². The Labute approximate surface area is 73.2 Å². The number of carbonyl (C=O) groups excluding carboxylic acids is 1. The van der Waals surface area contributed by atoms with Gasteiger partial charge in [-0.2, -0.15) is 0 Å². The van der Waals surface area contributed by atoms with Gasteiger partial charge in [-0.15, -0.1) is 13.2 Å². The lowest BCUT2D eigenvalue weighted by Crippen LogP contribution is -2.40. The van der Waals surface area contributed by atoms with Crippen LogP contribution >= 0.6 is 0 Å². The van der Waals surface area contributed by atoms with Crippen LogP contribution in [0.1, 0.15) is 6.92 Å². The average Bonchev–Trinajstić information content (AvgIpc) is 1.95. The van der Waals surface area contributed by atoms with Crippen molar-refractivity contribution in [3.8, 4) is 0 Å². The molecule has 0 radical (unpaired) electrons. The molecule has 0 aliphatic rings. The van der Waals surface area contributed by atoms with Crippen molar-refractivity contribution < 1.29 is 22.7 Å². The molecule has 0 heterocycles. The number of primary amides is 1. The molecule has 0 rings (SSSR count). The molecule has 7 heteroatoms. The van der Waals surface area contributed by atoms with Crippen LogP contribution in [0.5, 0.6) is 0 Å². The number of alkyl halides is 3. The van der Waals surface area contributed by atoms with Gasteiger partial charge in [-0.05, 0) is 6.92 Å². The minimum absolute atomic E-state index is 0.0797. The smallest absolute Gasteiger partial charge is 0.368 e. The highest BCUT2D eigenvalue weighted by Gasteiger charge is 2.28. The number of nitrogens with one attached hydrogen (secondary N) is 1. The van der Waals surface area contributed by atoms with Crippen LogP contribution in [0.2, 0.25) is 0 Å². The number of amides is 1. The van der Waals surface area contributed by atoms with Gasteiger partial charge >= 0.3 is 6.36 Å². The first kappa shape index (κ1) is 12.2. The summed E-state index contributed by atoms with van der Waals surface area (Å²) in [6.07, 6.45) is -4.63. The number of hydrogen-bond acceptors (Lipinski definition) is 3. The van der Waals surface area contributed by atoms with E-state index in [1.54, 1.807) is 0 Å². The molecule has 1 amide bonds. The van der Waals surface area contributed by atoms with Crippen molar-refractivity contribution in [3.63, 3.8) is 0 Å². The van der Waals surface area contributed by atoms with Crippen molar-refractivity contribution in [3.05, 3.63) is 0 Å². The third-order valence-electron chi connectivity index (χ3n) is 1.25. The molecular weight excluding hydrogens is 189 g/mol. The van der Waals surface area contributed by atoms with Crippen molar-refractivity contribution in [2.24, 2.45) is 5.73 Å². The van der Waals surface area contributed by atoms with Crippen LogP contribution in [-0.4, -0.2) is 31.5 Å².